The van der Waals surface area contributed by atoms with Crippen LogP contribution in [-0.4, -0.2) is 36.4 Å². The van der Waals surface area contributed by atoms with Crippen molar-refractivity contribution < 1.29 is 35.5 Å². The Labute approximate surface area is 138 Å². The first kappa shape index (κ1) is 19.3. The molecule has 1 fully saturated rings. The summed E-state index contributed by atoms with van der Waals surface area (Å²) in [5.41, 5.74) is -7.09. The molecule has 25 heavy (non-hydrogen) atoms. The maximum Gasteiger partial charge on any atom is 0.435 e. The third-order valence-corrected chi connectivity index (χ3v) is 3.96. The summed E-state index contributed by atoms with van der Waals surface area (Å²) in [7, 11) is 0. The van der Waals surface area contributed by atoms with Gasteiger partial charge in [-0.05, 0) is 31.4 Å². The van der Waals surface area contributed by atoms with Crippen LogP contribution in [0.25, 0.3) is 0 Å². The molecule has 0 radical (unpaired) electrons. The van der Waals surface area contributed by atoms with E-state index < -0.39 is 29.6 Å². The van der Waals surface area contributed by atoms with Crippen LogP contribution in [0.3, 0.4) is 0 Å². The van der Waals surface area contributed by atoms with Crippen LogP contribution in [-0.2, 0) is 5.67 Å². The molecular weight excluding hydrogens is 357 g/mol. The van der Waals surface area contributed by atoms with E-state index in [4.69, 9.17) is 0 Å². The zero-order valence-corrected chi connectivity index (χ0v) is 12.8. The fraction of sp³-hybridized carbons (Fsp3) is 0.533. The number of carbonyl (C=O) groups is 1. The highest BCUT2D eigenvalue weighted by atomic mass is 19.4. The molecule has 0 aliphatic carbocycles. The lowest BCUT2D eigenvalue weighted by Gasteiger charge is -2.30. The summed E-state index contributed by atoms with van der Waals surface area (Å²) in [6, 6.07) is 1.84. The molecule has 1 saturated heterocycles. The van der Waals surface area contributed by atoms with Crippen molar-refractivity contribution in [2.45, 2.75) is 37.3 Å². The summed E-state index contributed by atoms with van der Waals surface area (Å²) in [6.45, 7) is 1.03. The normalized spacial score (nSPS) is 16.7. The van der Waals surface area contributed by atoms with Crippen LogP contribution in [0.5, 0.6) is 0 Å². The highest BCUT2D eigenvalue weighted by molar-refractivity contribution is 5.89. The summed E-state index contributed by atoms with van der Waals surface area (Å²) < 4.78 is 89.9. The molecule has 0 saturated carbocycles. The Hall–Kier alpha value is -2.00. The Morgan fingerprint density at radius 2 is 1.32 bits per heavy atom. The summed E-state index contributed by atoms with van der Waals surface area (Å²) in [5, 5.41) is 2.37. The zero-order valence-electron chi connectivity index (χ0n) is 12.8. The largest absolute Gasteiger partial charge is 0.435 e. The van der Waals surface area contributed by atoms with Crippen molar-refractivity contribution in [2.75, 3.05) is 18.4 Å². The van der Waals surface area contributed by atoms with Crippen molar-refractivity contribution >= 4 is 11.7 Å². The molecular formula is C15H15F7N2O. The minimum Gasteiger partial charge on any atom is -0.325 e. The summed E-state index contributed by atoms with van der Waals surface area (Å²) >= 11 is 0. The van der Waals surface area contributed by atoms with Crippen molar-refractivity contribution in [1.29, 1.82) is 0 Å². The van der Waals surface area contributed by atoms with Crippen molar-refractivity contribution in [2.24, 2.45) is 0 Å². The van der Waals surface area contributed by atoms with E-state index in [2.05, 4.69) is 5.32 Å². The summed E-state index contributed by atoms with van der Waals surface area (Å²) in [5.74, 6) is 0. The van der Waals surface area contributed by atoms with E-state index in [0.29, 0.717) is 25.2 Å². The van der Waals surface area contributed by atoms with E-state index in [9.17, 15) is 35.5 Å². The lowest BCUT2D eigenvalue weighted by atomic mass is 9.94. The van der Waals surface area contributed by atoms with E-state index in [1.807, 2.05) is 0 Å². The average molecular weight is 372 g/mol. The number of alkyl halides is 7. The second-order valence-corrected chi connectivity index (χ2v) is 5.71. The second-order valence-electron chi connectivity index (χ2n) is 5.71. The Kier molecular flexibility index (Phi) is 5.19. The smallest absolute Gasteiger partial charge is 0.325 e. The monoisotopic (exact) mass is 372 g/mol. The molecule has 1 aliphatic heterocycles. The molecule has 0 aromatic heterocycles. The van der Waals surface area contributed by atoms with E-state index in [-0.39, 0.29) is 5.69 Å². The minimum atomic E-state index is -6.16. The van der Waals surface area contributed by atoms with Crippen LogP contribution >= 0.6 is 0 Å². The van der Waals surface area contributed by atoms with Crippen molar-refractivity contribution in [3.05, 3.63) is 29.8 Å². The lowest BCUT2D eigenvalue weighted by Crippen LogP contribution is -2.50. The molecule has 1 N–H and O–H groups in total. The van der Waals surface area contributed by atoms with Gasteiger partial charge in [0.05, 0.1) is 0 Å². The average Bonchev–Trinajstić information content (AvgIpc) is 2.53. The number of halogens is 7. The molecule has 2 amide bonds. The summed E-state index contributed by atoms with van der Waals surface area (Å²) in [4.78, 5) is 13.4. The number of piperidine rings is 1. The van der Waals surface area contributed by atoms with Gasteiger partial charge in [-0.15, -0.1) is 0 Å². The first-order valence-electron chi connectivity index (χ1n) is 7.45. The van der Waals surface area contributed by atoms with Gasteiger partial charge in [0.15, 0.2) is 0 Å². The molecule has 10 heteroatoms. The first-order chi connectivity index (χ1) is 11.5. The van der Waals surface area contributed by atoms with Crippen molar-refractivity contribution in [3.63, 3.8) is 0 Å². The van der Waals surface area contributed by atoms with Crippen LogP contribution in [0, 0.1) is 0 Å². The van der Waals surface area contributed by atoms with Gasteiger partial charge in [0.2, 0.25) is 0 Å². The molecule has 0 bridgehead atoms. The van der Waals surface area contributed by atoms with Gasteiger partial charge in [0.1, 0.15) is 0 Å². The number of amides is 2. The molecule has 0 unspecified atom stereocenters. The number of hydrogen-bond acceptors (Lipinski definition) is 1. The zero-order chi connectivity index (χ0) is 18.9. The summed E-state index contributed by atoms with van der Waals surface area (Å²) in [6.07, 6.45) is -9.72. The highest BCUT2D eigenvalue weighted by Crippen LogP contribution is 2.53. The van der Waals surface area contributed by atoms with Gasteiger partial charge in [-0.2, -0.15) is 26.3 Å². The Morgan fingerprint density at radius 3 is 1.76 bits per heavy atom. The predicted octanol–water partition coefficient (Wildman–Crippen LogP) is 4.99. The van der Waals surface area contributed by atoms with Gasteiger partial charge in [-0.1, -0.05) is 12.1 Å². The van der Waals surface area contributed by atoms with Crippen LogP contribution < -0.4 is 5.32 Å². The molecule has 2 rings (SSSR count). The van der Waals surface area contributed by atoms with Gasteiger partial charge in [0.25, 0.3) is 0 Å². The number of urea groups is 1. The van der Waals surface area contributed by atoms with Crippen molar-refractivity contribution in [3.8, 4) is 0 Å². The molecule has 1 heterocycles. The Morgan fingerprint density at radius 1 is 0.840 bits per heavy atom. The predicted molar refractivity (Wildman–Crippen MR) is 75.8 cm³/mol. The van der Waals surface area contributed by atoms with E-state index in [1.54, 1.807) is 0 Å². The highest BCUT2D eigenvalue weighted by Gasteiger charge is 2.73. The third-order valence-electron chi connectivity index (χ3n) is 3.96. The van der Waals surface area contributed by atoms with Crippen molar-refractivity contribution in [1.82, 2.24) is 4.90 Å². The van der Waals surface area contributed by atoms with Gasteiger partial charge in [0, 0.05) is 24.3 Å². The second kappa shape index (κ2) is 6.72. The van der Waals surface area contributed by atoms with Crippen LogP contribution in [0.2, 0.25) is 0 Å². The molecule has 1 aliphatic rings. The van der Waals surface area contributed by atoms with E-state index in [0.717, 1.165) is 31.4 Å². The number of carbonyl (C=O) groups excluding carboxylic acids is 1. The van der Waals surface area contributed by atoms with E-state index in [1.165, 1.54) is 4.90 Å². The lowest BCUT2D eigenvalue weighted by molar-refractivity contribution is -0.348. The number of anilines is 1. The fourth-order valence-electron chi connectivity index (χ4n) is 2.57. The first-order valence-corrected chi connectivity index (χ1v) is 7.45. The number of nitrogens with zero attached hydrogens (tertiary/aromatic N) is 1. The molecule has 0 spiro atoms. The Balaban J connectivity index is 2.19. The number of hydrogen-bond donors (Lipinski definition) is 1. The fourth-order valence-corrected chi connectivity index (χ4v) is 2.57. The van der Waals surface area contributed by atoms with Crippen LogP contribution in [0.4, 0.5) is 41.2 Å². The number of likely N-dealkylation sites (tertiary alicyclic amines) is 1. The maximum atomic E-state index is 13.9. The van der Waals surface area contributed by atoms with E-state index >= 15 is 0 Å². The standard InChI is InChI=1S/C15H15F7N2O/c16-13(14(17,18)19,15(20,21)22)10-4-6-11(7-5-10)23-12(25)24-8-2-1-3-9-24/h4-7H,1-3,8-9H2,(H,23,25). The van der Waals surface area contributed by atoms with Gasteiger partial charge < -0.3 is 10.2 Å². The maximum absolute atomic E-state index is 13.9. The molecule has 140 valence electrons. The van der Waals surface area contributed by atoms with Gasteiger partial charge in [-0.25, -0.2) is 9.18 Å². The SMILES string of the molecule is O=C(Nc1ccc(C(F)(C(F)(F)F)C(F)(F)F)cc1)N1CCCCC1. The molecule has 3 nitrogen and oxygen atoms in total. The van der Waals surface area contributed by atoms with Crippen LogP contribution in [0.15, 0.2) is 24.3 Å². The third kappa shape index (κ3) is 3.82. The molecule has 0 atom stereocenters. The number of rotatable bonds is 2. The number of benzene rings is 1. The van der Waals surface area contributed by atoms with Crippen LogP contribution in [0.1, 0.15) is 24.8 Å². The molecule has 1 aromatic carbocycles. The number of nitrogens with one attached hydrogen (secondary N) is 1. The van der Waals surface area contributed by atoms with Gasteiger partial charge >= 0.3 is 24.1 Å². The minimum absolute atomic E-state index is 0.0222. The van der Waals surface area contributed by atoms with Gasteiger partial charge in [-0.3, -0.25) is 0 Å². The quantitative estimate of drug-likeness (QED) is 0.729. The Bertz CT molecular complexity index is 590. The topological polar surface area (TPSA) is 32.3 Å². The molecule has 1 aromatic rings.